The number of benzene rings is 2. The van der Waals surface area contributed by atoms with Crippen LogP contribution in [0.15, 0.2) is 47.3 Å². The number of aryl methyl sites for hydroxylation is 1. The number of fused-ring (bicyclic) bond motifs is 2. The number of alkyl halides is 3. The molecule has 0 unspecified atom stereocenters. The van der Waals surface area contributed by atoms with Crippen molar-refractivity contribution in [2.24, 2.45) is 7.05 Å². The summed E-state index contributed by atoms with van der Waals surface area (Å²) in [7, 11) is 1.66. The molecule has 0 aliphatic heterocycles. The summed E-state index contributed by atoms with van der Waals surface area (Å²) in [6.07, 6.45) is -4.42. The smallest absolute Gasteiger partial charge is 0.343 e. The van der Waals surface area contributed by atoms with Gasteiger partial charge in [0.15, 0.2) is 5.43 Å². The molecule has 0 N–H and O–H groups in total. The van der Waals surface area contributed by atoms with Crippen LogP contribution in [0.2, 0.25) is 0 Å². The van der Waals surface area contributed by atoms with Gasteiger partial charge in [0.1, 0.15) is 0 Å². The maximum Gasteiger partial charge on any atom is 0.416 e. The van der Waals surface area contributed by atoms with Crippen molar-refractivity contribution in [1.29, 1.82) is 0 Å². The summed E-state index contributed by atoms with van der Waals surface area (Å²) in [5, 5.41) is 0.793. The third-order valence-electron chi connectivity index (χ3n) is 3.44. The molecule has 0 aliphatic rings. The summed E-state index contributed by atoms with van der Waals surface area (Å²) in [5.41, 5.74) is -0.106. The average Bonchev–Trinajstić information content (AvgIpc) is 2.43. The van der Waals surface area contributed by atoms with Crippen LogP contribution in [0.25, 0.3) is 21.8 Å². The van der Waals surface area contributed by atoms with Gasteiger partial charge < -0.3 is 4.57 Å². The van der Waals surface area contributed by atoms with Gasteiger partial charge >= 0.3 is 6.18 Å². The molecule has 1 aromatic heterocycles. The van der Waals surface area contributed by atoms with Gasteiger partial charge in [0.2, 0.25) is 0 Å². The minimum absolute atomic E-state index is 0.248. The van der Waals surface area contributed by atoms with Gasteiger partial charge in [-0.1, -0.05) is 12.1 Å². The third-order valence-corrected chi connectivity index (χ3v) is 3.44. The fraction of sp³-hybridized carbons (Fsp3) is 0.133. The van der Waals surface area contributed by atoms with Crippen molar-refractivity contribution < 1.29 is 13.2 Å². The van der Waals surface area contributed by atoms with Crippen molar-refractivity contribution >= 4 is 21.8 Å². The molecule has 3 rings (SSSR count). The van der Waals surface area contributed by atoms with Crippen molar-refractivity contribution in [3.05, 3.63) is 58.3 Å². The Kier molecular flexibility index (Phi) is 2.61. The van der Waals surface area contributed by atoms with Crippen molar-refractivity contribution in [1.82, 2.24) is 4.57 Å². The van der Waals surface area contributed by atoms with Crippen molar-refractivity contribution in [2.75, 3.05) is 0 Å². The van der Waals surface area contributed by atoms with Crippen LogP contribution >= 0.6 is 0 Å². The molecule has 0 atom stereocenters. The first-order valence-electron chi connectivity index (χ1n) is 5.98. The Morgan fingerprint density at radius 3 is 2.30 bits per heavy atom. The topological polar surface area (TPSA) is 22.0 Å². The summed E-state index contributed by atoms with van der Waals surface area (Å²) < 4.78 is 39.9. The van der Waals surface area contributed by atoms with Crippen molar-refractivity contribution in [2.45, 2.75) is 6.18 Å². The predicted octanol–water partition coefficient (Wildman–Crippen LogP) is 3.71. The van der Waals surface area contributed by atoms with Crippen LogP contribution in [-0.4, -0.2) is 4.57 Å². The second kappa shape index (κ2) is 4.10. The molecule has 0 amide bonds. The molecule has 1 heterocycles. The van der Waals surface area contributed by atoms with Gasteiger partial charge in [-0.2, -0.15) is 13.2 Å². The maximum absolute atomic E-state index is 12.8. The first kappa shape index (κ1) is 12.7. The molecule has 0 saturated carbocycles. The Hall–Kier alpha value is -2.30. The Balaban J connectivity index is 2.51. The summed E-state index contributed by atoms with van der Waals surface area (Å²) in [6, 6.07) is 10.1. The molecule has 20 heavy (non-hydrogen) atoms. The summed E-state index contributed by atoms with van der Waals surface area (Å²) in [4.78, 5) is 12.3. The van der Waals surface area contributed by atoms with Gasteiger partial charge in [-0.3, -0.25) is 4.79 Å². The molecule has 5 heteroatoms. The van der Waals surface area contributed by atoms with E-state index in [2.05, 4.69) is 0 Å². The fourth-order valence-corrected chi connectivity index (χ4v) is 2.41. The molecule has 0 fully saturated rings. The van der Waals surface area contributed by atoms with Crippen LogP contribution in [0.3, 0.4) is 0 Å². The van der Waals surface area contributed by atoms with E-state index in [4.69, 9.17) is 0 Å². The molecule has 0 saturated heterocycles. The van der Waals surface area contributed by atoms with E-state index < -0.39 is 11.7 Å². The SMILES string of the molecule is Cn1c2ccccc2c(=O)c2ccc(C(F)(F)F)cc21. The zero-order valence-corrected chi connectivity index (χ0v) is 10.5. The van der Waals surface area contributed by atoms with Gasteiger partial charge in [0, 0.05) is 17.8 Å². The molecule has 0 bridgehead atoms. The molecule has 3 aromatic rings. The van der Waals surface area contributed by atoms with Crippen LogP contribution in [0.4, 0.5) is 13.2 Å². The molecule has 2 nitrogen and oxygen atoms in total. The number of pyridine rings is 1. The van der Waals surface area contributed by atoms with E-state index in [1.165, 1.54) is 6.07 Å². The lowest BCUT2D eigenvalue weighted by molar-refractivity contribution is -0.137. The molecule has 0 radical (unpaired) electrons. The van der Waals surface area contributed by atoms with Gasteiger partial charge in [0.25, 0.3) is 0 Å². The number of halogens is 3. The van der Waals surface area contributed by atoms with Gasteiger partial charge in [-0.15, -0.1) is 0 Å². The number of para-hydroxylation sites is 1. The zero-order chi connectivity index (χ0) is 14.5. The number of nitrogens with zero attached hydrogens (tertiary/aromatic N) is 1. The number of hydrogen-bond acceptors (Lipinski definition) is 1. The lowest BCUT2D eigenvalue weighted by Crippen LogP contribution is -2.11. The van der Waals surface area contributed by atoms with E-state index in [0.29, 0.717) is 16.3 Å². The minimum atomic E-state index is -4.42. The fourth-order valence-electron chi connectivity index (χ4n) is 2.41. The van der Waals surface area contributed by atoms with Crippen LogP contribution in [0.1, 0.15) is 5.56 Å². The van der Waals surface area contributed by atoms with Crippen LogP contribution in [-0.2, 0) is 13.2 Å². The summed E-state index contributed by atoms with van der Waals surface area (Å²) in [6.45, 7) is 0. The van der Waals surface area contributed by atoms with E-state index in [9.17, 15) is 18.0 Å². The second-order valence-electron chi connectivity index (χ2n) is 4.63. The monoisotopic (exact) mass is 277 g/mol. The van der Waals surface area contributed by atoms with Crippen molar-refractivity contribution in [3.63, 3.8) is 0 Å². The molecule has 2 aromatic carbocycles. The lowest BCUT2D eigenvalue weighted by Gasteiger charge is -2.12. The Morgan fingerprint density at radius 2 is 1.60 bits per heavy atom. The third kappa shape index (κ3) is 1.78. The normalized spacial score (nSPS) is 12.2. The summed E-state index contributed by atoms with van der Waals surface area (Å²) in [5.74, 6) is 0. The van der Waals surface area contributed by atoms with E-state index in [1.54, 1.807) is 35.9 Å². The quantitative estimate of drug-likeness (QED) is 0.574. The number of aromatic nitrogens is 1. The van der Waals surface area contributed by atoms with Gasteiger partial charge in [-0.05, 0) is 30.3 Å². The maximum atomic E-state index is 12.8. The van der Waals surface area contributed by atoms with Crippen LogP contribution in [0, 0.1) is 0 Å². The van der Waals surface area contributed by atoms with Gasteiger partial charge in [0.05, 0.1) is 16.6 Å². The Morgan fingerprint density at radius 1 is 0.950 bits per heavy atom. The average molecular weight is 277 g/mol. The lowest BCUT2D eigenvalue weighted by atomic mass is 10.1. The van der Waals surface area contributed by atoms with E-state index in [0.717, 1.165) is 12.1 Å². The molecule has 0 spiro atoms. The zero-order valence-electron chi connectivity index (χ0n) is 10.5. The van der Waals surface area contributed by atoms with Crippen LogP contribution < -0.4 is 5.43 Å². The number of rotatable bonds is 0. The first-order valence-corrected chi connectivity index (χ1v) is 5.98. The highest BCUT2D eigenvalue weighted by Crippen LogP contribution is 2.31. The summed E-state index contributed by atoms with van der Waals surface area (Å²) >= 11 is 0. The standard InChI is InChI=1S/C15H10F3NO/c1-19-12-5-3-2-4-10(12)14(20)11-7-6-9(8-13(11)19)15(16,17)18/h2-8H,1H3. The van der Waals surface area contributed by atoms with Gasteiger partial charge in [-0.25, -0.2) is 0 Å². The van der Waals surface area contributed by atoms with E-state index >= 15 is 0 Å². The number of hydrogen-bond donors (Lipinski definition) is 0. The minimum Gasteiger partial charge on any atom is -0.343 e. The Labute approximate surface area is 112 Å². The molecular formula is C15H10F3NO. The van der Waals surface area contributed by atoms with Crippen molar-refractivity contribution in [3.8, 4) is 0 Å². The highest BCUT2D eigenvalue weighted by Gasteiger charge is 2.30. The van der Waals surface area contributed by atoms with E-state index in [1.807, 2.05) is 0 Å². The molecule has 102 valence electrons. The largest absolute Gasteiger partial charge is 0.416 e. The molecule has 0 aliphatic carbocycles. The first-order chi connectivity index (χ1) is 9.39. The Bertz CT molecular complexity index is 878. The van der Waals surface area contributed by atoms with E-state index in [-0.39, 0.29) is 10.9 Å². The molecular weight excluding hydrogens is 267 g/mol. The van der Waals surface area contributed by atoms with Crippen LogP contribution in [0.5, 0.6) is 0 Å². The second-order valence-corrected chi connectivity index (χ2v) is 4.63. The highest BCUT2D eigenvalue weighted by molar-refractivity contribution is 5.93. The highest BCUT2D eigenvalue weighted by atomic mass is 19.4. The predicted molar refractivity (Wildman–Crippen MR) is 71.7 cm³/mol.